The van der Waals surface area contributed by atoms with Gasteiger partial charge in [-0.15, -0.1) is 0 Å². The van der Waals surface area contributed by atoms with E-state index in [1.165, 1.54) is 6.20 Å². The molecular weight excluding hydrogens is 464 g/mol. The molecule has 0 atom stereocenters. The third-order valence-electron chi connectivity index (χ3n) is 6.36. The monoisotopic (exact) mass is 498 g/mol. The number of carbonyl (C=O) groups is 1. The lowest BCUT2D eigenvalue weighted by molar-refractivity contribution is 0.0990. The van der Waals surface area contributed by atoms with E-state index < -0.39 is 9.84 Å². The number of rotatable bonds is 12. The largest absolute Gasteiger partial charge is 0.329 e. The van der Waals surface area contributed by atoms with Crippen molar-refractivity contribution in [2.45, 2.75) is 56.9 Å². The van der Waals surface area contributed by atoms with E-state index in [1.54, 1.807) is 33.8 Å². The molecule has 0 aliphatic carbocycles. The van der Waals surface area contributed by atoms with E-state index in [1.807, 2.05) is 6.20 Å². The Morgan fingerprint density at radius 2 is 2.00 bits per heavy atom. The molecule has 10 heteroatoms. The van der Waals surface area contributed by atoms with Crippen LogP contribution in [0.25, 0.3) is 5.65 Å². The molecule has 4 rings (SSSR count). The van der Waals surface area contributed by atoms with Gasteiger partial charge in [0.25, 0.3) is 5.91 Å². The smallest absolute Gasteiger partial charge is 0.263 e. The van der Waals surface area contributed by atoms with E-state index in [4.69, 9.17) is 5.73 Å². The second-order valence-corrected chi connectivity index (χ2v) is 11.1. The Morgan fingerprint density at radius 1 is 1.17 bits per heavy atom. The first-order valence-electron chi connectivity index (χ1n) is 12.3. The summed E-state index contributed by atoms with van der Waals surface area (Å²) in [5, 5.41) is 7.54. The van der Waals surface area contributed by atoms with Gasteiger partial charge in [-0.3, -0.25) is 4.79 Å². The van der Waals surface area contributed by atoms with Crippen LogP contribution >= 0.6 is 0 Å². The highest BCUT2D eigenvalue weighted by molar-refractivity contribution is 7.91. The lowest BCUT2D eigenvalue weighted by Gasteiger charge is -2.17. The number of nitrogens with zero attached hydrogens (tertiary/aromatic N) is 4. The number of fused-ring (bicyclic) bond motifs is 2. The van der Waals surface area contributed by atoms with E-state index in [0.29, 0.717) is 55.1 Å². The zero-order chi connectivity index (χ0) is 24.8. The number of carbonyl (C=O) groups excluding carboxylic acids is 1. The highest BCUT2D eigenvalue weighted by Crippen LogP contribution is 2.32. The predicted octanol–water partition coefficient (Wildman–Crippen LogP) is 2.72. The van der Waals surface area contributed by atoms with Crippen LogP contribution in [0.2, 0.25) is 0 Å². The highest BCUT2D eigenvalue weighted by atomic mass is 32.2. The Morgan fingerprint density at radius 3 is 2.80 bits per heavy atom. The topological polar surface area (TPSA) is 123 Å². The van der Waals surface area contributed by atoms with Gasteiger partial charge in [0.2, 0.25) is 0 Å². The summed E-state index contributed by atoms with van der Waals surface area (Å²) in [5.74, 6) is -0.0255. The standard InChI is InChI=1S/C25H34N6O3S/c1-2-3-4-5-6-13-35(33,34)21-7-8-23-20(14-21)9-12-30(23)25(32)22-17-29-31-18-19(15-27-11-10-26)16-28-24(22)31/h7-8,14,16-18,27H,2-6,9-13,15,26H2,1H3. The van der Waals surface area contributed by atoms with Crippen LogP contribution in [0.5, 0.6) is 0 Å². The number of hydrogen-bond donors (Lipinski definition) is 2. The Balaban J connectivity index is 1.47. The summed E-state index contributed by atoms with van der Waals surface area (Å²) in [6.07, 6.45) is 10.7. The first kappa shape index (κ1) is 25.3. The molecule has 1 aliphatic heterocycles. The zero-order valence-corrected chi connectivity index (χ0v) is 21.1. The van der Waals surface area contributed by atoms with E-state index in [9.17, 15) is 13.2 Å². The average molecular weight is 499 g/mol. The van der Waals surface area contributed by atoms with Gasteiger partial charge in [-0.25, -0.2) is 17.9 Å². The maximum atomic E-state index is 13.4. The summed E-state index contributed by atoms with van der Waals surface area (Å²) in [5.41, 5.74) is 8.99. The minimum atomic E-state index is -3.33. The van der Waals surface area contributed by atoms with Crippen LogP contribution in [0.15, 0.2) is 41.7 Å². The van der Waals surface area contributed by atoms with Gasteiger partial charge in [-0.05, 0) is 36.6 Å². The molecule has 1 amide bonds. The summed E-state index contributed by atoms with van der Waals surface area (Å²) in [6, 6.07) is 5.12. The summed E-state index contributed by atoms with van der Waals surface area (Å²) in [6.45, 7) is 4.51. The minimum absolute atomic E-state index is 0.163. The van der Waals surface area contributed by atoms with Crippen molar-refractivity contribution < 1.29 is 13.2 Å². The molecule has 0 bridgehead atoms. The van der Waals surface area contributed by atoms with Crippen molar-refractivity contribution in [1.82, 2.24) is 19.9 Å². The summed E-state index contributed by atoms with van der Waals surface area (Å²) in [4.78, 5) is 19.9. The van der Waals surface area contributed by atoms with Gasteiger partial charge in [0, 0.05) is 49.8 Å². The summed E-state index contributed by atoms with van der Waals surface area (Å²) < 4.78 is 27.2. The lowest BCUT2D eigenvalue weighted by Crippen LogP contribution is -2.29. The molecule has 0 radical (unpaired) electrons. The third-order valence-corrected chi connectivity index (χ3v) is 8.16. The van der Waals surface area contributed by atoms with Gasteiger partial charge in [0.1, 0.15) is 5.56 Å². The van der Waals surface area contributed by atoms with Crippen LogP contribution in [0.1, 0.15) is 60.5 Å². The number of benzene rings is 1. The van der Waals surface area contributed by atoms with E-state index in [-0.39, 0.29) is 11.7 Å². The average Bonchev–Trinajstić information content (AvgIpc) is 3.47. The van der Waals surface area contributed by atoms with E-state index in [0.717, 1.165) is 42.5 Å². The molecule has 0 spiro atoms. The fourth-order valence-electron chi connectivity index (χ4n) is 4.43. The van der Waals surface area contributed by atoms with Crippen LogP contribution in [0.4, 0.5) is 5.69 Å². The van der Waals surface area contributed by atoms with Crippen LogP contribution in [-0.2, 0) is 22.8 Å². The lowest BCUT2D eigenvalue weighted by atomic mass is 10.2. The Labute approximate surface area is 206 Å². The molecule has 0 fully saturated rings. The molecule has 3 aromatic rings. The first-order chi connectivity index (χ1) is 16.9. The van der Waals surface area contributed by atoms with Crippen molar-refractivity contribution in [3.8, 4) is 0 Å². The molecule has 0 saturated heterocycles. The molecule has 35 heavy (non-hydrogen) atoms. The van der Waals surface area contributed by atoms with Crippen LogP contribution in [0, 0.1) is 0 Å². The Hall–Kier alpha value is -2.82. The predicted molar refractivity (Wildman–Crippen MR) is 136 cm³/mol. The number of nitrogens with two attached hydrogens (primary N) is 1. The molecule has 1 aromatic carbocycles. The van der Waals surface area contributed by atoms with Crippen LogP contribution in [-0.4, -0.2) is 54.3 Å². The maximum Gasteiger partial charge on any atom is 0.263 e. The molecule has 188 valence electrons. The maximum absolute atomic E-state index is 13.4. The SMILES string of the molecule is CCCCCCCS(=O)(=O)c1ccc2c(c1)CCN2C(=O)c1cnn2cc(CNCCN)cnc12. The molecule has 1 aliphatic rings. The number of hydrogen-bond acceptors (Lipinski definition) is 7. The fraction of sp³-hybridized carbons (Fsp3) is 0.480. The second kappa shape index (κ2) is 11.3. The zero-order valence-electron chi connectivity index (χ0n) is 20.2. The van der Waals surface area contributed by atoms with Crippen LogP contribution < -0.4 is 16.0 Å². The Kier molecular flexibility index (Phi) is 8.15. The van der Waals surface area contributed by atoms with Crippen molar-refractivity contribution in [3.05, 3.63) is 53.5 Å². The molecule has 3 N–H and O–H groups in total. The third kappa shape index (κ3) is 5.71. The molecule has 0 unspecified atom stereocenters. The first-order valence-corrected chi connectivity index (χ1v) is 14.0. The molecule has 9 nitrogen and oxygen atoms in total. The number of anilines is 1. The second-order valence-electron chi connectivity index (χ2n) is 8.98. The number of amides is 1. The van der Waals surface area contributed by atoms with E-state index >= 15 is 0 Å². The molecule has 2 aromatic heterocycles. The van der Waals surface area contributed by atoms with Crippen molar-refractivity contribution in [3.63, 3.8) is 0 Å². The van der Waals surface area contributed by atoms with Crippen molar-refractivity contribution in [2.24, 2.45) is 5.73 Å². The highest BCUT2D eigenvalue weighted by Gasteiger charge is 2.29. The van der Waals surface area contributed by atoms with Gasteiger partial charge in [-0.2, -0.15) is 5.10 Å². The molecular formula is C25H34N6O3S. The number of sulfone groups is 1. The van der Waals surface area contributed by atoms with E-state index in [2.05, 4.69) is 22.3 Å². The van der Waals surface area contributed by atoms with Gasteiger partial charge in [0.15, 0.2) is 15.5 Å². The quantitative estimate of drug-likeness (QED) is 0.368. The Bertz CT molecular complexity index is 1290. The number of aromatic nitrogens is 3. The normalized spacial score (nSPS) is 13.5. The molecule has 3 heterocycles. The summed E-state index contributed by atoms with van der Waals surface area (Å²) in [7, 11) is -3.33. The number of nitrogens with one attached hydrogen (secondary N) is 1. The minimum Gasteiger partial charge on any atom is -0.329 e. The van der Waals surface area contributed by atoms with Gasteiger partial charge >= 0.3 is 0 Å². The van der Waals surface area contributed by atoms with Crippen molar-refractivity contribution in [2.75, 3.05) is 30.3 Å². The van der Waals surface area contributed by atoms with Gasteiger partial charge in [0.05, 0.1) is 16.8 Å². The van der Waals surface area contributed by atoms with Gasteiger partial charge < -0.3 is 16.0 Å². The fourth-order valence-corrected chi connectivity index (χ4v) is 5.85. The van der Waals surface area contributed by atoms with Crippen molar-refractivity contribution >= 4 is 27.1 Å². The molecule has 0 saturated carbocycles. The van der Waals surface area contributed by atoms with Crippen molar-refractivity contribution in [1.29, 1.82) is 0 Å². The summed E-state index contributed by atoms with van der Waals surface area (Å²) >= 11 is 0. The van der Waals surface area contributed by atoms with Gasteiger partial charge in [-0.1, -0.05) is 32.6 Å². The number of unbranched alkanes of at least 4 members (excludes halogenated alkanes) is 4. The van der Waals surface area contributed by atoms with Crippen LogP contribution in [0.3, 0.4) is 0 Å².